The second-order valence-electron chi connectivity index (χ2n) is 4.58. The Kier molecular flexibility index (Phi) is 3.77. The molecule has 1 heterocycles. The average Bonchev–Trinajstić information content (AvgIpc) is 3.10. The molecule has 0 saturated heterocycles. The number of halogens is 2. The van der Waals surface area contributed by atoms with E-state index in [1.54, 1.807) is 12.1 Å². The van der Waals surface area contributed by atoms with Crippen LogP contribution in [-0.2, 0) is 6.42 Å². The third-order valence-electron chi connectivity index (χ3n) is 3.00. The molecule has 0 radical (unpaired) electrons. The maximum atomic E-state index is 13.9. The maximum Gasteiger partial charge on any atom is 0.152 e. The number of hydrogen-bond acceptors (Lipinski definition) is 4. The molecule has 1 aromatic carbocycles. The second-order valence-corrected chi connectivity index (χ2v) is 6.05. The van der Waals surface area contributed by atoms with Gasteiger partial charge in [0.2, 0.25) is 0 Å². The molecule has 1 aliphatic carbocycles. The minimum Gasteiger partial charge on any atom is -0.314 e. The lowest BCUT2D eigenvalue weighted by molar-refractivity contribution is 0.631. The summed E-state index contributed by atoms with van der Waals surface area (Å²) >= 11 is 7.19. The van der Waals surface area contributed by atoms with Gasteiger partial charge in [-0.2, -0.15) is 0 Å². The molecule has 3 rings (SSSR count). The van der Waals surface area contributed by atoms with Crippen molar-refractivity contribution in [3.63, 3.8) is 0 Å². The van der Waals surface area contributed by atoms with Crippen molar-refractivity contribution in [2.45, 2.75) is 25.3 Å². The minimum atomic E-state index is -0.428. The Hall–Kier alpha value is -1.04. The highest BCUT2D eigenvalue weighted by Gasteiger charge is 2.20. The highest BCUT2D eigenvalue weighted by atomic mass is 35.5. The van der Waals surface area contributed by atoms with Crippen molar-refractivity contribution < 1.29 is 4.39 Å². The lowest BCUT2D eigenvalue weighted by Gasteiger charge is -1.99. The van der Waals surface area contributed by atoms with Crippen LogP contribution in [0.3, 0.4) is 0 Å². The number of rotatable bonds is 5. The molecule has 1 fully saturated rings. The first-order valence-corrected chi connectivity index (χ1v) is 7.43. The van der Waals surface area contributed by atoms with Crippen LogP contribution in [0.15, 0.2) is 18.2 Å². The molecule has 2 aromatic rings. The predicted octanol–water partition coefficient (Wildman–Crippen LogP) is 3.29. The van der Waals surface area contributed by atoms with Crippen molar-refractivity contribution in [1.29, 1.82) is 0 Å². The predicted molar refractivity (Wildman–Crippen MR) is 75.0 cm³/mol. The Morgan fingerprint density at radius 3 is 3.00 bits per heavy atom. The summed E-state index contributed by atoms with van der Waals surface area (Å²) in [6.07, 6.45) is 3.38. The topological polar surface area (TPSA) is 37.8 Å². The monoisotopic (exact) mass is 297 g/mol. The summed E-state index contributed by atoms with van der Waals surface area (Å²) in [5.74, 6) is -0.428. The van der Waals surface area contributed by atoms with Gasteiger partial charge in [-0.3, -0.25) is 0 Å². The number of nitrogens with zero attached hydrogens (tertiary/aromatic N) is 2. The quantitative estimate of drug-likeness (QED) is 0.920. The van der Waals surface area contributed by atoms with Gasteiger partial charge in [0.15, 0.2) is 10.8 Å². The van der Waals surface area contributed by atoms with Gasteiger partial charge < -0.3 is 5.32 Å². The fraction of sp³-hybridized carbons (Fsp3) is 0.385. The maximum absolute atomic E-state index is 13.9. The van der Waals surface area contributed by atoms with Crippen LogP contribution < -0.4 is 5.32 Å². The Bertz CT molecular complexity index is 583. The van der Waals surface area contributed by atoms with E-state index in [2.05, 4.69) is 15.5 Å². The Morgan fingerprint density at radius 2 is 2.21 bits per heavy atom. The summed E-state index contributed by atoms with van der Waals surface area (Å²) < 4.78 is 13.9. The van der Waals surface area contributed by atoms with Crippen molar-refractivity contribution in [2.75, 3.05) is 6.54 Å². The Morgan fingerprint density at radius 1 is 1.37 bits per heavy atom. The van der Waals surface area contributed by atoms with Crippen LogP contribution in [0.25, 0.3) is 10.6 Å². The fourth-order valence-corrected chi connectivity index (χ4v) is 2.84. The van der Waals surface area contributed by atoms with Gasteiger partial charge in [0.1, 0.15) is 5.01 Å². The highest BCUT2D eigenvalue weighted by Crippen LogP contribution is 2.29. The standard InChI is InChI=1S/C13H13ClFN3S/c14-10-3-1-2-9(12(10)15)13-18-17-11(19-13)6-7-16-8-4-5-8/h1-3,8,16H,4-7H2. The SMILES string of the molecule is Fc1c(Cl)cccc1-c1nnc(CCNC2CC2)s1. The molecule has 0 amide bonds. The fourth-order valence-electron chi connectivity index (χ4n) is 1.80. The van der Waals surface area contributed by atoms with Crippen LogP contribution in [0.1, 0.15) is 17.8 Å². The van der Waals surface area contributed by atoms with Crippen molar-refractivity contribution in [2.24, 2.45) is 0 Å². The third kappa shape index (κ3) is 3.11. The number of hydrogen-bond donors (Lipinski definition) is 1. The van der Waals surface area contributed by atoms with E-state index in [4.69, 9.17) is 11.6 Å². The van der Waals surface area contributed by atoms with Crippen molar-refractivity contribution in [3.05, 3.63) is 34.0 Å². The zero-order valence-electron chi connectivity index (χ0n) is 10.2. The molecule has 6 heteroatoms. The van der Waals surface area contributed by atoms with Gasteiger partial charge in [-0.05, 0) is 25.0 Å². The lowest BCUT2D eigenvalue weighted by Crippen LogP contribution is -2.19. The third-order valence-corrected chi connectivity index (χ3v) is 4.31. The molecule has 19 heavy (non-hydrogen) atoms. The molecule has 1 aromatic heterocycles. The van der Waals surface area contributed by atoms with E-state index in [-0.39, 0.29) is 5.02 Å². The minimum absolute atomic E-state index is 0.115. The molecule has 1 saturated carbocycles. The smallest absolute Gasteiger partial charge is 0.152 e. The average molecular weight is 298 g/mol. The zero-order chi connectivity index (χ0) is 13.2. The van der Waals surface area contributed by atoms with E-state index < -0.39 is 5.82 Å². The summed E-state index contributed by atoms with van der Waals surface area (Å²) in [6.45, 7) is 0.900. The van der Waals surface area contributed by atoms with E-state index in [1.165, 1.54) is 30.2 Å². The summed E-state index contributed by atoms with van der Waals surface area (Å²) in [4.78, 5) is 0. The largest absolute Gasteiger partial charge is 0.314 e. The number of aromatic nitrogens is 2. The zero-order valence-corrected chi connectivity index (χ0v) is 11.8. The molecule has 0 spiro atoms. The van der Waals surface area contributed by atoms with Crippen molar-refractivity contribution in [1.82, 2.24) is 15.5 Å². The number of benzene rings is 1. The lowest BCUT2D eigenvalue weighted by atomic mass is 10.2. The van der Waals surface area contributed by atoms with Crippen LogP contribution in [-0.4, -0.2) is 22.8 Å². The molecule has 0 aliphatic heterocycles. The van der Waals surface area contributed by atoms with E-state index >= 15 is 0 Å². The molecular formula is C13H13ClFN3S. The van der Waals surface area contributed by atoms with Gasteiger partial charge in [-0.15, -0.1) is 10.2 Å². The van der Waals surface area contributed by atoms with Gasteiger partial charge in [0, 0.05) is 24.6 Å². The van der Waals surface area contributed by atoms with Crippen molar-refractivity contribution >= 4 is 22.9 Å². The first-order valence-electron chi connectivity index (χ1n) is 6.24. The highest BCUT2D eigenvalue weighted by molar-refractivity contribution is 7.14. The molecular weight excluding hydrogens is 285 g/mol. The van der Waals surface area contributed by atoms with Crippen LogP contribution in [0, 0.1) is 5.82 Å². The van der Waals surface area contributed by atoms with E-state index in [0.717, 1.165) is 18.0 Å². The Labute approximate surface area is 119 Å². The number of nitrogens with one attached hydrogen (secondary N) is 1. The summed E-state index contributed by atoms with van der Waals surface area (Å²) in [5.41, 5.74) is 0.423. The molecule has 0 unspecified atom stereocenters. The van der Waals surface area contributed by atoms with E-state index in [0.29, 0.717) is 16.6 Å². The molecule has 1 N–H and O–H groups in total. The first kappa shape index (κ1) is 13.0. The molecule has 0 atom stereocenters. The van der Waals surface area contributed by atoms with E-state index in [1.807, 2.05) is 0 Å². The summed E-state index contributed by atoms with van der Waals surface area (Å²) in [5, 5.41) is 13.2. The normalized spacial score (nSPS) is 14.8. The molecule has 1 aliphatic rings. The van der Waals surface area contributed by atoms with Gasteiger partial charge in [0.05, 0.1) is 5.02 Å². The van der Waals surface area contributed by atoms with Gasteiger partial charge >= 0.3 is 0 Å². The van der Waals surface area contributed by atoms with Gasteiger partial charge in [-0.1, -0.05) is 29.0 Å². The van der Waals surface area contributed by atoms with Crippen LogP contribution in [0.2, 0.25) is 5.02 Å². The summed E-state index contributed by atoms with van der Waals surface area (Å²) in [7, 11) is 0. The first-order chi connectivity index (χ1) is 9.24. The van der Waals surface area contributed by atoms with Crippen LogP contribution in [0.5, 0.6) is 0 Å². The van der Waals surface area contributed by atoms with Gasteiger partial charge in [-0.25, -0.2) is 4.39 Å². The second kappa shape index (κ2) is 5.53. The molecule has 0 bridgehead atoms. The Balaban J connectivity index is 1.70. The molecule has 3 nitrogen and oxygen atoms in total. The van der Waals surface area contributed by atoms with Crippen molar-refractivity contribution in [3.8, 4) is 10.6 Å². The van der Waals surface area contributed by atoms with Gasteiger partial charge in [0.25, 0.3) is 0 Å². The van der Waals surface area contributed by atoms with E-state index in [9.17, 15) is 4.39 Å². The molecule has 100 valence electrons. The van der Waals surface area contributed by atoms with Crippen LogP contribution in [0.4, 0.5) is 4.39 Å². The van der Waals surface area contributed by atoms with Crippen LogP contribution >= 0.6 is 22.9 Å². The summed E-state index contributed by atoms with van der Waals surface area (Å²) in [6, 6.07) is 5.62.